The van der Waals surface area contributed by atoms with E-state index < -0.39 is 11.5 Å². The lowest BCUT2D eigenvalue weighted by atomic mass is 10.1. The third kappa shape index (κ3) is 2.69. The van der Waals surface area contributed by atoms with E-state index >= 15 is 0 Å². The molecule has 0 fully saturated rings. The highest BCUT2D eigenvalue weighted by Gasteiger charge is 2.14. The molecule has 2 aromatic carbocycles. The van der Waals surface area contributed by atoms with E-state index in [0.717, 1.165) is 5.56 Å². The predicted molar refractivity (Wildman–Crippen MR) is 83.3 cm³/mol. The number of carbonyl (C=O) groups is 1. The fourth-order valence-electron chi connectivity index (χ4n) is 2.18. The minimum absolute atomic E-state index is 0.00684. The molecule has 3 aromatic rings. The van der Waals surface area contributed by atoms with Crippen LogP contribution in [-0.4, -0.2) is 11.0 Å². The van der Waals surface area contributed by atoms with Crippen molar-refractivity contribution < 1.29 is 14.3 Å². The second kappa shape index (κ2) is 5.37. The number of aromatic hydroxyl groups is 1. The van der Waals surface area contributed by atoms with Gasteiger partial charge in [-0.15, -0.1) is 0 Å². The number of aryl methyl sites for hydroxylation is 1. The van der Waals surface area contributed by atoms with E-state index in [1.54, 1.807) is 18.2 Å². The van der Waals surface area contributed by atoms with Crippen LogP contribution in [-0.2, 0) is 0 Å². The molecule has 1 heterocycles. The van der Waals surface area contributed by atoms with Crippen molar-refractivity contribution in [3.05, 3.63) is 70.1 Å². The number of benzene rings is 2. The normalized spacial score (nSPS) is 10.6. The molecule has 5 nitrogen and oxygen atoms in total. The highest BCUT2D eigenvalue weighted by molar-refractivity contribution is 6.05. The van der Waals surface area contributed by atoms with Crippen molar-refractivity contribution in [2.75, 3.05) is 5.32 Å². The van der Waals surface area contributed by atoms with Crippen LogP contribution in [0.25, 0.3) is 11.0 Å². The van der Waals surface area contributed by atoms with Crippen LogP contribution in [0, 0.1) is 6.92 Å². The Morgan fingerprint density at radius 3 is 2.73 bits per heavy atom. The molecule has 1 amide bonds. The van der Waals surface area contributed by atoms with Gasteiger partial charge in [0.25, 0.3) is 5.91 Å². The van der Waals surface area contributed by atoms with Crippen molar-refractivity contribution in [1.29, 1.82) is 0 Å². The van der Waals surface area contributed by atoms with Gasteiger partial charge in [0.05, 0.1) is 0 Å². The molecule has 110 valence electrons. The zero-order valence-corrected chi connectivity index (χ0v) is 11.8. The molecule has 0 saturated carbocycles. The molecule has 22 heavy (non-hydrogen) atoms. The summed E-state index contributed by atoms with van der Waals surface area (Å²) in [4.78, 5) is 24.2. The Hall–Kier alpha value is -3.08. The Labute approximate surface area is 125 Å². The number of carbonyl (C=O) groups excluding carboxylic acids is 1. The molecule has 1 aromatic heterocycles. The largest absolute Gasteiger partial charge is 0.508 e. The predicted octanol–water partition coefficient (Wildman–Crippen LogP) is 3.06. The highest BCUT2D eigenvalue weighted by Crippen LogP contribution is 2.19. The van der Waals surface area contributed by atoms with Gasteiger partial charge < -0.3 is 14.8 Å². The summed E-state index contributed by atoms with van der Waals surface area (Å²) >= 11 is 0. The number of hydrogen-bond acceptors (Lipinski definition) is 4. The maximum absolute atomic E-state index is 12.2. The summed E-state index contributed by atoms with van der Waals surface area (Å²) in [6, 6.07) is 13.1. The van der Waals surface area contributed by atoms with Gasteiger partial charge in [-0.05, 0) is 42.8 Å². The van der Waals surface area contributed by atoms with Crippen molar-refractivity contribution in [2.24, 2.45) is 0 Å². The van der Waals surface area contributed by atoms with Crippen molar-refractivity contribution >= 4 is 22.6 Å². The molecule has 0 unspecified atom stereocenters. The van der Waals surface area contributed by atoms with E-state index in [1.165, 1.54) is 18.2 Å². The Bertz CT molecular complexity index is 927. The second-order valence-electron chi connectivity index (χ2n) is 4.99. The van der Waals surface area contributed by atoms with Crippen molar-refractivity contribution in [3.8, 4) is 5.75 Å². The summed E-state index contributed by atoms with van der Waals surface area (Å²) in [6.07, 6.45) is 0. The van der Waals surface area contributed by atoms with Crippen LogP contribution in [0.5, 0.6) is 5.75 Å². The zero-order valence-electron chi connectivity index (χ0n) is 11.8. The molecular weight excluding hydrogens is 282 g/mol. The van der Waals surface area contributed by atoms with Crippen LogP contribution in [0.3, 0.4) is 0 Å². The van der Waals surface area contributed by atoms with E-state index in [1.807, 2.05) is 19.1 Å². The summed E-state index contributed by atoms with van der Waals surface area (Å²) in [5, 5.41) is 12.6. The average molecular weight is 295 g/mol. The average Bonchev–Trinajstić information content (AvgIpc) is 2.46. The molecule has 0 aliphatic rings. The van der Waals surface area contributed by atoms with Crippen molar-refractivity contribution in [1.82, 2.24) is 0 Å². The molecule has 0 aliphatic carbocycles. The molecule has 0 spiro atoms. The Morgan fingerprint density at radius 1 is 1.14 bits per heavy atom. The van der Waals surface area contributed by atoms with Gasteiger partial charge in [0, 0.05) is 17.1 Å². The molecule has 3 rings (SSSR count). The summed E-state index contributed by atoms with van der Waals surface area (Å²) in [5.41, 5.74) is 1.01. The van der Waals surface area contributed by atoms with E-state index in [-0.39, 0.29) is 16.9 Å². The number of nitrogens with one attached hydrogen (secondary N) is 1. The number of anilines is 1. The van der Waals surface area contributed by atoms with Gasteiger partial charge in [-0.3, -0.25) is 4.79 Å². The number of rotatable bonds is 2. The maximum Gasteiger partial charge on any atom is 0.349 e. The first-order chi connectivity index (χ1) is 10.5. The molecule has 0 radical (unpaired) electrons. The lowest BCUT2D eigenvalue weighted by Crippen LogP contribution is -2.20. The maximum atomic E-state index is 12.2. The van der Waals surface area contributed by atoms with E-state index in [0.29, 0.717) is 11.1 Å². The minimum atomic E-state index is -0.747. The van der Waals surface area contributed by atoms with Gasteiger partial charge in [-0.25, -0.2) is 4.79 Å². The number of hydrogen-bond donors (Lipinski definition) is 2. The topological polar surface area (TPSA) is 79.5 Å². The van der Waals surface area contributed by atoms with Crippen LogP contribution >= 0.6 is 0 Å². The molecule has 5 heteroatoms. The van der Waals surface area contributed by atoms with Gasteiger partial charge in [0.15, 0.2) is 0 Å². The molecule has 0 aliphatic heterocycles. The van der Waals surface area contributed by atoms with Crippen LogP contribution in [0.15, 0.2) is 57.7 Å². The van der Waals surface area contributed by atoms with Gasteiger partial charge in [-0.1, -0.05) is 12.1 Å². The fourth-order valence-corrected chi connectivity index (χ4v) is 2.18. The van der Waals surface area contributed by atoms with Crippen LogP contribution in [0.1, 0.15) is 15.9 Å². The summed E-state index contributed by atoms with van der Waals surface area (Å²) < 4.78 is 5.08. The summed E-state index contributed by atoms with van der Waals surface area (Å²) in [5.74, 6) is -0.540. The van der Waals surface area contributed by atoms with Crippen LogP contribution in [0.4, 0.5) is 5.69 Å². The first kappa shape index (κ1) is 13.9. The van der Waals surface area contributed by atoms with Crippen molar-refractivity contribution in [2.45, 2.75) is 6.92 Å². The first-order valence-electron chi connectivity index (χ1n) is 6.68. The molecule has 0 bridgehead atoms. The SMILES string of the molecule is Cc1cccc(NC(=O)c2cc3ccc(O)cc3oc2=O)c1. The molecular formula is C17H13NO4. The third-order valence-electron chi connectivity index (χ3n) is 3.24. The summed E-state index contributed by atoms with van der Waals surface area (Å²) in [6.45, 7) is 1.91. The number of amides is 1. The Balaban J connectivity index is 1.98. The van der Waals surface area contributed by atoms with E-state index in [4.69, 9.17) is 4.42 Å². The number of fused-ring (bicyclic) bond motifs is 1. The smallest absolute Gasteiger partial charge is 0.349 e. The highest BCUT2D eigenvalue weighted by atomic mass is 16.4. The van der Waals surface area contributed by atoms with E-state index in [9.17, 15) is 14.7 Å². The molecule has 0 saturated heterocycles. The van der Waals surface area contributed by atoms with E-state index in [2.05, 4.69) is 5.32 Å². The molecule has 0 atom stereocenters. The second-order valence-corrected chi connectivity index (χ2v) is 4.99. The monoisotopic (exact) mass is 295 g/mol. The Kier molecular flexibility index (Phi) is 3.39. The lowest BCUT2D eigenvalue weighted by Gasteiger charge is -2.06. The third-order valence-corrected chi connectivity index (χ3v) is 3.24. The van der Waals surface area contributed by atoms with Crippen LogP contribution < -0.4 is 10.9 Å². The Morgan fingerprint density at radius 2 is 1.95 bits per heavy atom. The fraction of sp³-hybridized carbons (Fsp3) is 0.0588. The molecule has 2 N–H and O–H groups in total. The zero-order chi connectivity index (χ0) is 15.7. The number of phenols is 1. The number of phenolic OH excluding ortho intramolecular Hbond substituents is 1. The summed E-state index contributed by atoms with van der Waals surface area (Å²) in [7, 11) is 0. The van der Waals surface area contributed by atoms with Gasteiger partial charge in [0.1, 0.15) is 16.9 Å². The van der Waals surface area contributed by atoms with Gasteiger partial charge in [-0.2, -0.15) is 0 Å². The lowest BCUT2D eigenvalue weighted by molar-refractivity contribution is 0.102. The first-order valence-corrected chi connectivity index (χ1v) is 6.68. The van der Waals surface area contributed by atoms with Gasteiger partial charge in [0.2, 0.25) is 0 Å². The minimum Gasteiger partial charge on any atom is -0.508 e. The van der Waals surface area contributed by atoms with Gasteiger partial charge >= 0.3 is 5.63 Å². The standard InChI is InChI=1S/C17H13NO4/c1-10-3-2-4-12(7-10)18-16(20)14-8-11-5-6-13(19)9-15(11)22-17(14)21/h2-9,19H,1H3,(H,18,20). The quantitative estimate of drug-likeness (QED) is 0.712. The van der Waals surface area contributed by atoms with Crippen molar-refractivity contribution in [3.63, 3.8) is 0 Å². The van der Waals surface area contributed by atoms with Crippen LogP contribution in [0.2, 0.25) is 0 Å².